The summed E-state index contributed by atoms with van der Waals surface area (Å²) < 4.78 is 12.9. The van der Waals surface area contributed by atoms with Gasteiger partial charge in [-0.3, -0.25) is 0 Å². The van der Waals surface area contributed by atoms with Crippen molar-refractivity contribution in [3.05, 3.63) is 47.8 Å². The Morgan fingerprint density at radius 1 is 1.25 bits per heavy atom. The Labute approximate surface area is 172 Å². The van der Waals surface area contributed by atoms with E-state index in [9.17, 15) is 0 Å². The van der Waals surface area contributed by atoms with E-state index in [1.165, 1.54) is 12.8 Å². The molecular formula is C20H22N4O2S2. The highest BCUT2D eigenvalue weighted by Crippen LogP contribution is 2.40. The van der Waals surface area contributed by atoms with E-state index in [2.05, 4.69) is 26.7 Å². The fraction of sp³-hybridized carbons (Fsp3) is 0.350. The van der Waals surface area contributed by atoms with Gasteiger partial charge in [-0.05, 0) is 31.0 Å². The SMILES string of the molecule is C=CCn1c(SCc2csc(-c3ccc(OC)c(OC)c3)n2)nnc1C1CC1. The topological polar surface area (TPSA) is 62.1 Å². The van der Waals surface area contributed by atoms with E-state index in [1.54, 1.807) is 37.3 Å². The Morgan fingerprint density at radius 2 is 2.07 bits per heavy atom. The maximum atomic E-state index is 5.40. The van der Waals surface area contributed by atoms with Crippen LogP contribution in [0.3, 0.4) is 0 Å². The molecule has 1 aliphatic carbocycles. The van der Waals surface area contributed by atoms with E-state index in [4.69, 9.17) is 14.5 Å². The van der Waals surface area contributed by atoms with Crippen LogP contribution in [0.2, 0.25) is 0 Å². The van der Waals surface area contributed by atoms with Gasteiger partial charge in [0.1, 0.15) is 10.8 Å². The third-order valence-electron chi connectivity index (χ3n) is 4.53. The monoisotopic (exact) mass is 414 g/mol. The predicted octanol–water partition coefficient (Wildman–Crippen LogP) is 4.77. The minimum Gasteiger partial charge on any atom is -0.493 e. The van der Waals surface area contributed by atoms with E-state index in [0.717, 1.165) is 39.5 Å². The summed E-state index contributed by atoms with van der Waals surface area (Å²) in [6, 6.07) is 5.86. The molecule has 28 heavy (non-hydrogen) atoms. The molecule has 0 N–H and O–H groups in total. The third-order valence-corrected chi connectivity index (χ3v) is 6.47. The molecular weight excluding hydrogens is 392 g/mol. The van der Waals surface area contributed by atoms with Crippen LogP contribution in [0.4, 0.5) is 0 Å². The van der Waals surface area contributed by atoms with E-state index in [0.29, 0.717) is 17.4 Å². The Kier molecular flexibility index (Phi) is 5.68. The van der Waals surface area contributed by atoms with Crippen molar-refractivity contribution in [2.75, 3.05) is 14.2 Å². The summed E-state index contributed by atoms with van der Waals surface area (Å²) in [4.78, 5) is 4.78. The van der Waals surface area contributed by atoms with Crippen LogP contribution in [-0.2, 0) is 12.3 Å². The molecule has 0 bridgehead atoms. The van der Waals surface area contributed by atoms with Crippen LogP contribution in [0.5, 0.6) is 11.5 Å². The van der Waals surface area contributed by atoms with Gasteiger partial charge in [0.05, 0.1) is 19.9 Å². The number of methoxy groups -OCH3 is 2. The molecule has 1 fully saturated rings. The zero-order valence-corrected chi connectivity index (χ0v) is 17.6. The minimum atomic E-state index is 0.567. The van der Waals surface area contributed by atoms with Crippen LogP contribution in [0.25, 0.3) is 10.6 Å². The van der Waals surface area contributed by atoms with Gasteiger partial charge >= 0.3 is 0 Å². The molecule has 0 amide bonds. The summed E-state index contributed by atoms with van der Waals surface area (Å²) in [7, 11) is 3.27. The van der Waals surface area contributed by atoms with Gasteiger partial charge in [0.2, 0.25) is 0 Å². The lowest BCUT2D eigenvalue weighted by atomic mass is 10.2. The maximum Gasteiger partial charge on any atom is 0.191 e. The van der Waals surface area contributed by atoms with Crippen molar-refractivity contribution in [3.8, 4) is 22.1 Å². The molecule has 146 valence electrons. The number of aromatic nitrogens is 4. The van der Waals surface area contributed by atoms with Crippen molar-refractivity contribution >= 4 is 23.1 Å². The van der Waals surface area contributed by atoms with Crippen molar-refractivity contribution < 1.29 is 9.47 Å². The maximum absolute atomic E-state index is 5.40. The Bertz CT molecular complexity index is 978. The molecule has 0 aliphatic heterocycles. The first-order valence-electron chi connectivity index (χ1n) is 9.07. The number of hydrogen-bond acceptors (Lipinski definition) is 7. The number of allylic oxidation sites excluding steroid dienone is 1. The summed E-state index contributed by atoms with van der Waals surface area (Å²) in [5.74, 6) is 3.83. The molecule has 0 atom stereocenters. The quantitative estimate of drug-likeness (QED) is 0.371. The average molecular weight is 415 g/mol. The molecule has 8 heteroatoms. The van der Waals surface area contributed by atoms with Gasteiger partial charge in [0, 0.05) is 29.2 Å². The molecule has 3 aromatic rings. The largest absolute Gasteiger partial charge is 0.493 e. The van der Waals surface area contributed by atoms with Crippen LogP contribution < -0.4 is 9.47 Å². The molecule has 2 aromatic heterocycles. The average Bonchev–Trinajstić information content (AvgIpc) is 3.32. The first-order valence-corrected chi connectivity index (χ1v) is 10.9. The summed E-state index contributed by atoms with van der Waals surface area (Å²) >= 11 is 3.29. The molecule has 1 aliphatic rings. The summed E-state index contributed by atoms with van der Waals surface area (Å²) in [6.45, 7) is 4.61. The highest BCUT2D eigenvalue weighted by molar-refractivity contribution is 7.98. The molecule has 0 saturated heterocycles. The van der Waals surface area contributed by atoms with E-state index < -0.39 is 0 Å². The Hall–Kier alpha value is -2.32. The zero-order chi connectivity index (χ0) is 19.5. The second kappa shape index (κ2) is 8.36. The summed E-state index contributed by atoms with van der Waals surface area (Å²) in [5.41, 5.74) is 2.05. The summed E-state index contributed by atoms with van der Waals surface area (Å²) in [6.07, 6.45) is 4.32. The first kappa shape index (κ1) is 19.0. The fourth-order valence-electron chi connectivity index (χ4n) is 2.96. The summed E-state index contributed by atoms with van der Waals surface area (Å²) in [5, 5.41) is 12.8. The van der Waals surface area contributed by atoms with Gasteiger partial charge in [-0.25, -0.2) is 4.98 Å². The first-order chi connectivity index (χ1) is 13.7. The number of thioether (sulfide) groups is 1. The number of benzene rings is 1. The van der Waals surface area contributed by atoms with Gasteiger partial charge < -0.3 is 14.0 Å². The van der Waals surface area contributed by atoms with Crippen LogP contribution in [0.15, 0.2) is 41.4 Å². The van der Waals surface area contributed by atoms with Gasteiger partial charge in [-0.15, -0.1) is 28.1 Å². The normalized spacial score (nSPS) is 13.5. The van der Waals surface area contributed by atoms with Gasteiger partial charge in [0.15, 0.2) is 16.7 Å². The van der Waals surface area contributed by atoms with Crippen molar-refractivity contribution in [2.45, 2.75) is 36.2 Å². The molecule has 1 saturated carbocycles. The fourth-order valence-corrected chi connectivity index (χ4v) is 4.73. The van der Waals surface area contributed by atoms with Gasteiger partial charge in [-0.1, -0.05) is 17.8 Å². The molecule has 4 rings (SSSR count). The molecule has 2 heterocycles. The smallest absolute Gasteiger partial charge is 0.191 e. The van der Waals surface area contributed by atoms with E-state index in [-0.39, 0.29) is 0 Å². The second-order valence-corrected chi connectivity index (χ2v) is 8.32. The standard InChI is InChI=1S/C20H22N4O2S2/c1-4-9-24-18(13-5-6-13)22-23-20(24)28-12-15-11-27-19(21-15)14-7-8-16(25-2)17(10-14)26-3/h4,7-8,10-11,13H,1,5-6,9,12H2,2-3H3. The third kappa shape index (κ3) is 3.93. The number of thiazole rings is 1. The molecule has 0 spiro atoms. The lowest BCUT2D eigenvalue weighted by Gasteiger charge is -2.08. The minimum absolute atomic E-state index is 0.567. The predicted molar refractivity (Wildman–Crippen MR) is 112 cm³/mol. The number of ether oxygens (including phenoxy) is 2. The number of nitrogens with zero attached hydrogens (tertiary/aromatic N) is 4. The van der Waals surface area contributed by atoms with Crippen LogP contribution >= 0.6 is 23.1 Å². The van der Waals surface area contributed by atoms with Crippen LogP contribution in [0, 0.1) is 0 Å². The highest BCUT2D eigenvalue weighted by atomic mass is 32.2. The second-order valence-electron chi connectivity index (χ2n) is 6.52. The molecule has 0 radical (unpaired) electrons. The zero-order valence-electron chi connectivity index (χ0n) is 15.9. The lowest BCUT2D eigenvalue weighted by Crippen LogP contribution is -2.02. The molecule has 0 unspecified atom stereocenters. The number of hydrogen-bond donors (Lipinski definition) is 0. The lowest BCUT2D eigenvalue weighted by molar-refractivity contribution is 0.355. The van der Waals surface area contributed by atoms with Crippen LogP contribution in [-0.4, -0.2) is 34.0 Å². The highest BCUT2D eigenvalue weighted by Gasteiger charge is 2.30. The van der Waals surface area contributed by atoms with Crippen molar-refractivity contribution in [1.82, 2.24) is 19.7 Å². The molecule has 6 nitrogen and oxygen atoms in total. The van der Waals surface area contributed by atoms with Crippen molar-refractivity contribution in [1.29, 1.82) is 0 Å². The van der Waals surface area contributed by atoms with Crippen molar-refractivity contribution in [2.24, 2.45) is 0 Å². The van der Waals surface area contributed by atoms with E-state index >= 15 is 0 Å². The van der Waals surface area contributed by atoms with Gasteiger partial charge in [0.25, 0.3) is 0 Å². The Morgan fingerprint density at radius 3 is 2.79 bits per heavy atom. The van der Waals surface area contributed by atoms with E-state index in [1.807, 2.05) is 24.3 Å². The van der Waals surface area contributed by atoms with Crippen molar-refractivity contribution in [3.63, 3.8) is 0 Å². The molecule has 1 aromatic carbocycles. The van der Waals surface area contributed by atoms with Crippen LogP contribution in [0.1, 0.15) is 30.3 Å². The number of rotatable bonds is 9. The Balaban J connectivity index is 1.48. The van der Waals surface area contributed by atoms with Gasteiger partial charge in [-0.2, -0.15) is 0 Å².